The number of nitrogens with one attached hydrogen (secondary N) is 2. The standard InChI is InChI=1S/C22H21ClN4O4/c1-30-12-16-20(13-6-4-3-5-7-13)21-25-19(28)11-17(27(21)26-16)22(29)24-14-8-9-18(31-2)15(23)10-14/h3-10,17H,11-12H2,1-2H3,(H,24,29)(H,25,28)/t17-/m1/s1. The Bertz CT molecular complexity index is 1130. The first-order chi connectivity index (χ1) is 15.0. The molecule has 3 aromatic rings. The summed E-state index contributed by atoms with van der Waals surface area (Å²) in [6.07, 6.45) is -0.0367. The van der Waals surface area contributed by atoms with Gasteiger partial charge in [0.25, 0.3) is 0 Å². The van der Waals surface area contributed by atoms with Crippen molar-refractivity contribution in [2.24, 2.45) is 0 Å². The van der Waals surface area contributed by atoms with Crippen LogP contribution < -0.4 is 15.4 Å². The van der Waals surface area contributed by atoms with Gasteiger partial charge in [0.1, 0.15) is 17.6 Å². The van der Waals surface area contributed by atoms with Gasteiger partial charge in [0, 0.05) is 18.4 Å². The molecule has 1 aromatic heterocycles. The van der Waals surface area contributed by atoms with Gasteiger partial charge in [-0.1, -0.05) is 41.9 Å². The van der Waals surface area contributed by atoms with E-state index in [1.807, 2.05) is 30.3 Å². The zero-order chi connectivity index (χ0) is 22.0. The third kappa shape index (κ3) is 4.12. The summed E-state index contributed by atoms with van der Waals surface area (Å²) >= 11 is 6.16. The second-order valence-corrected chi connectivity index (χ2v) is 7.43. The zero-order valence-electron chi connectivity index (χ0n) is 17.0. The van der Waals surface area contributed by atoms with Crippen molar-refractivity contribution in [3.05, 3.63) is 59.2 Å². The minimum atomic E-state index is -0.822. The summed E-state index contributed by atoms with van der Waals surface area (Å²) in [6, 6.07) is 13.7. The molecule has 2 N–H and O–H groups in total. The van der Waals surface area contributed by atoms with Crippen LogP contribution in [0.5, 0.6) is 5.75 Å². The van der Waals surface area contributed by atoms with Crippen LogP contribution in [0.2, 0.25) is 5.02 Å². The number of nitrogens with zero attached hydrogens (tertiary/aromatic N) is 2. The average molecular weight is 441 g/mol. The summed E-state index contributed by atoms with van der Waals surface area (Å²) in [6.45, 7) is 0.239. The molecule has 1 aliphatic heterocycles. The van der Waals surface area contributed by atoms with E-state index < -0.39 is 6.04 Å². The van der Waals surface area contributed by atoms with Crippen molar-refractivity contribution in [1.29, 1.82) is 0 Å². The molecule has 0 saturated heterocycles. The molecule has 1 atom stereocenters. The van der Waals surface area contributed by atoms with Crippen LogP contribution in [0, 0.1) is 0 Å². The number of rotatable bonds is 6. The number of amides is 2. The van der Waals surface area contributed by atoms with E-state index in [0.717, 1.165) is 11.1 Å². The number of ether oxygens (including phenoxy) is 2. The van der Waals surface area contributed by atoms with Crippen LogP contribution in [0.4, 0.5) is 11.5 Å². The Morgan fingerprint density at radius 3 is 2.71 bits per heavy atom. The van der Waals surface area contributed by atoms with Crippen molar-refractivity contribution in [2.45, 2.75) is 19.1 Å². The molecule has 0 unspecified atom stereocenters. The number of aromatic nitrogens is 2. The Hall–Kier alpha value is -3.36. The Balaban J connectivity index is 1.71. The van der Waals surface area contributed by atoms with Crippen molar-refractivity contribution >= 4 is 34.9 Å². The van der Waals surface area contributed by atoms with E-state index in [9.17, 15) is 9.59 Å². The molecule has 160 valence electrons. The van der Waals surface area contributed by atoms with E-state index in [0.29, 0.717) is 28.0 Å². The SMILES string of the molecule is COCc1nn2c(c1-c1ccccc1)NC(=O)C[C@@H]2C(=O)Nc1ccc(OC)c(Cl)c1. The Morgan fingerprint density at radius 1 is 1.26 bits per heavy atom. The monoisotopic (exact) mass is 440 g/mol. The maximum Gasteiger partial charge on any atom is 0.249 e. The number of fused-ring (bicyclic) bond motifs is 1. The predicted octanol–water partition coefficient (Wildman–Crippen LogP) is 3.88. The van der Waals surface area contributed by atoms with E-state index in [4.69, 9.17) is 21.1 Å². The van der Waals surface area contributed by atoms with Crippen molar-refractivity contribution < 1.29 is 19.1 Å². The first-order valence-corrected chi connectivity index (χ1v) is 9.99. The summed E-state index contributed by atoms with van der Waals surface area (Å²) in [5.74, 6) is 0.343. The molecule has 4 rings (SSSR count). The first kappa shape index (κ1) is 20.9. The second kappa shape index (κ2) is 8.79. The molecular formula is C22H21ClN4O4. The number of carbonyl (C=O) groups is 2. The Labute approximate surface area is 184 Å². The fraction of sp³-hybridized carbons (Fsp3) is 0.227. The van der Waals surface area contributed by atoms with Gasteiger partial charge < -0.3 is 20.1 Å². The van der Waals surface area contributed by atoms with Gasteiger partial charge in [-0.3, -0.25) is 9.59 Å². The number of carbonyl (C=O) groups excluding carboxylic acids is 2. The maximum absolute atomic E-state index is 13.1. The minimum absolute atomic E-state index is 0.0367. The van der Waals surface area contributed by atoms with Crippen LogP contribution >= 0.6 is 11.6 Å². The highest BCUT2D eigenvalue weighted by Gasteiger charge is 2.35. The summed E-state index contributed by atoms with van der Waals surface area (Å²) in [7, 11) is 3.09. The number of anilines is 2. The zero-order valence-corrected chi connectivity index (χ0v) is 17.8. The summed E-state index contributed by atoms with van der Waals surface area (Å²) in [5.41, 5.74) is 2.74. The average Bonchev–Trinajstić information content (AvgIpc) is 3.11. The van der Waals surface area contributed by atoms with Gasteiger partial charge in [0.15, 0.2) is 0 Å². The van der Waals surface area contributed by atoms with Crippen molar-refractivity contribution in [1.82, 2.24) is 9.78 Å². The van der Waals surface area contributed by atoms with Gasteiger partial charge in [-0.25, -0.2) is 4.68 Å². The van der Waals surface area contributed by atoms with E-state index in [1.165, 1.54) is 7.11 Å². The number of halogens is 1. The summed E-state index contributed by atoms with van der Waals surface area (Å²) in [4.78, 5) is 25.6. The van der Waals surface area contributed by atoms with Crippen molar-refractivity contribution in [3.63, 3.8) is 0 Å². The van der Waals surface area contributed by atoms with Crippen LogP contribution in [-0.2, 0) is 20.9 Å². The Morgan fingerprint density at radius 2 is 2.03 bits per heavy atom. The summed E-state index contributed by atoms with van der Waals surface area (Å²) in [5, 5.41) is 10.7. The lowest BCUT2D eigenvalue weighted by Crippen LogP contribution is -2.35. The number of benzene rings is 2. The molecule has 0 bridgehead atoms. The molecule has 31 heavy (non-hydrogen) atoms. The van der Waals surface area contributed by atoms with Gasteiger partial charge in [-0.05, 0) is 23.8 Å². The topological polar surface area (TPSA) is 94.5 Å². The highest BCUT2D eigenvalue weighted by atomic mass is 35.5. The molecule has 1 aliphatic rings. The highest BCUT2D eigenvalue weighted by molar-refractivity contribution is 6.32. The normalized spacial score (nSPS) is 15.2. The predicted molar refractivity (Wildman–Crippen MR) is 117 cm³/mol. The van der Waals surface area contributed by atoms with Gasteiger partial charge in [0.05, 0.1) is 30.9 Å². The molecule has 9 heteroatoms. The van der Waals surface area contributed by atoms with Gasteiger partial charge in [0.2, 0.25) is 11.8 Å². The summed E-state index contributed by atoms with van der Waals surface area (Å²) < 4.78 is 12.0. The van der Waals surface area contributed by atoms with Gasteiger partial charge in [-0.2, -0.15) is 5.10 Å². The molecular weight excluding hydrogens is 420 g/mol. The Kier molecular flexibility index (Phi) is 5.92. The fourth-order valence-electron chi connectivity index (χ4n) is 3.59. The second-order valence-electron chi connectivity index (χ2n) is 7.02. The van der Waals surface area contributed by atoms with Gasteiger partial charge >= 0.3 is 0 Å². The lowest BCUT2D eigenvalue weighted by atomic mass is 10.0. The number of hydrogen-bond acceptors (Lipinski definition) is 5. The lowest BCUT2D eigenvalue weighted by Gasteiger charge is -2.24. The number of methoxy groups -OCH3 is 2. The smallest absolute Gasteiger partial charge is 0.249 e. The van der Waals surface area contributed by atoms with Crippen molar-refractivity contribution in [2.75, 3.05) is 24.9 Å². The number of hydrogen-bond donors (Lipinski definition) is 2. The lowest BCUT2D eigenvalue weighted by molar-refractivity contribution is -0.125. The third-order valence-electron chi connectivity index (χ3n) is 4.98. The maximum atomic E-state index is 13.1. The minimum Gasteiger partial charge on any atom is -0.495 e. The van der Waals surface area contributed by atoms with E-state index in [1.54, 1.807) is 30.0 Å². The fourth-order valence-corrected chi connectivity index (χ4v) is 3.85. The molecule has 8 nitrogen and oxygen atoms in total. The molecule has 0 spiro atoms. The molecule has 2 amide bonds. The van der Waals surface area contributed by atoms with Crippen molar-refractivity contribution in [3.8, 4) is 16.9 Å². The first-order valence-electron chi connectivity index (χ1n) is 9.61. The van der Waals surface area contributed by atoms with E-state index in [2.05, 4.69) is 15.7 Å². The quantitative estimate of drug-likeness (QED) is 0.606. The van der Waals surface area contributed by atoms with Crippen LogP contribution in [0.1, 0.15) is 18.2 Å². The molecule has 0 radical (unpaired) electrons. The largest absolute Gasteiger partial charge is 0.495 e. The van der Waals surface area contributed by atoms with Gasteiger partial charge in [-0.15, -0.1) is 0 Å². The molecule has 0 saturated carbocycles. The molecule has 0 aliphatic carbocycles. The van der Waals surface area contributed by atoms with E-state index >= 15 is 0 Å². The van der Waals surface area contributed by atoms with Crippen LogP contribution in [0.3, 0.4) is 0 Å². The molecule has 2 aromatic carbocycles. The molecule has 2 heterocycles. The third-order valence-corrected chi connectivity index (χ3v) is 5.28. The van der Waals surface area contributed by atoms with Crippen LogP contribution in [-0.4, -0.2) is 35.8 Å². The van der Waals surface area contributed by atoms with Crippen LogP contribution in [0.15, 0.2) is 48.5 Å². The highest BCUT2D eigenvalue weighted by Crippen LogP contribution is 2.37. The molecule has 0 fully saturated rings. The van der Waals surface area contributed by atoms with Crippen LogP contribution in [0.25, 0.3) is 11.1 Å². The van der Waals surface area contributed by atoms with E-state index in [-0.39, 0.29) is 24.8 Å².